The fraction of sp³-hybridized carbons (Fsp3) is 0.0455. The number of halogens is 2. The third kappa shape index (κ3) is 4.47. The van der Waals surface area contributed by atoms with Gasteiger partial charge in [-0.05, 0) is 60.7 Å². The summed E-state index contributed by atoms with van der Waals surface area (Å²) in [6, 6.07) is 18.6. The zero-order valence-electron chi connectivity index (χ0n) is 16.2. The predicted octanol–water partition coefficient (Wildman–Crippen LogP) is 5.83. The number of methoxy groups -OCH3 is 1. The minimum Gasteiger partial charge on any atom is -0.497 e. The standard InChI is InChI=1S/C22H16BrFN2O4S/c1-29-18-4-2-3-17(13-18)25-21-22(31(27,28)19-11-9-16(24)10-12-19)26-20(30-21)14-5-7-15(23)8-6-14/h2-13,25H,1H3. The summed E-state index contributed by atoms with van der Waals surface area (Å²) >= 11 is 3.36. The van der Waals surface area contributed by atoms with Crippen molar-refractivity contribution >= 4 is 37.3 Å². The molecule has 9 heteroatoms. The number of hydrogen-bond acceptors (Lipinski definition) is 6. The molecule has 0 bridgehead atoms. The molecule has 0 fully saturated rings. The molecule has 158 valence electrons. The molecule has 0 aliphatic heterocycles. The average Bonchev–Trinajstić information content (AvgIpc) is 3.19. The van der Waals surface area contributed by atoms with Gasteiger partial charge in [-0.1, -0.05) is 22.0 Å². The lowest BCUT2D eigenvalue weighted by molar-refractivity contribution is 0.415. The van der Waals surface area contributed by atoms with Crippen molar-refractivity contribution in [2.24, 2.45) is 0 Å². The van der Waals surface area contributed by atoms with Gasteiger partial charge in [-0.2, -0.15) is 4.98 Å². The summed E-state index contributed by atoms with van der Waals surface area (Å²) in [5.41, 5.74) is 1.14. The van der Waals surface area contributed by atoms with Crippen molar-refractivity contribution in [1.82, 2.24) is 4.98 Å². The lowest BCUT2D eigenvalue weighted by Gasteiger charge is -2.07. The van der Waals surface area contributed by atoms with Crippen LogP contribution in [0.4, 0.5) is 16.0 Å². The van der Waals surface area contributed by atoms with Crippen molar-refractivity contribution in [2.75, 3.05) is 12.4 Å². The number of hydrogen-bond donors (Lipinski definition) is 1. The van der Waals surface area contributed by atoms with Crippen molar-refractivity contribution in [3.8, 4) is 17.2 Å². The third-order valence-electron chi connectivity index (χ3n) is 4.39. The Morgan fingerprint density at radius 3 is 2.42 bits per heavy atom. The molecule has 4 aromatic rings. The molecule has 0 atom stereocenters. The van der Waals surface area contributed by atoms with E-state index in [4.69, 9.17) is 9.15 Å². The van der Waals surface area contributed by atoms with Crippen LogP contribution in [-0.2, 0) is 9.84 Å². The Morgan fingerprint density at radius 2 is 1.74 bits per heavy atom. The molecule has 1 N–H and O–H groups in total. The minimum absolute atomic E-state index is 0.0597. The van der Waals surface area contributed by atoms with Crippen LogP contribution in [0.25, 0.3) is 11.5 Å². The number of nitrogens with one attached hydrogen (secondary N) is 1. The maximum atomic E-state index is 13.3. The van der Waals surface area contributed by atoms with Crippen molar-refractivity contribution < 1.29 is 22.0 Å². The van der Waals surface area contributed by atoms with Crippen LogP contribution >= 0.6 is 15.9 Å². The summed E-state index contributed by atoms with van der Waals surface area (Å²) in [6.07, 6.45) is 0. The molecule has 0 saturated carbocycles. The largest absolute Gasteiger partial charge is 0.497 e. The molecule has 1 aromatic heterocycles. The van der Waals surface area contributed by atoms with Crippen LogP contribution in [0.2, 0.25) is 0 Å². The molecule has 31 heavy (non-hydrogen) atoms. The van der Waals surface area contributed by atoms with Gasteiger partial charge in [0.15, 0.2) is 0 Å². The zero-order chi connectivity index (χ0) is 22.0. The smallest absolute Gasteiger partial charge is 0.238 e. The molecule has 1 heterocycles. The number of sulfone groups is 1. The second kappa shape index (κ2) is 8.52. The van der Waals surface area contributed by atoms with E-state index in [1.165, 1.54) is 19.2 Å². The lowest BCUT2D eigenvalue weighted by Crippen LogP contribution is -2.05. The van der Waals surface area contributed by atoms with Gasteiger partial charge in [-0.25, -0.2) is 12.8 Å². The van der Waals surface area contributed by atoms with Gasteiger partial charge in [0.25, 0.3) is 0 Å². The molecule has 0 amide bonds. The van der Waals surface area contributed by atoms with E-state index < -0.39 is 15.7 Å². The maximum Gasteiger partial charge on any atom is 0.238 e. The van der Waals surface area contributed by atoms with E-state index in [2.05, 4.69) is 26.2 Å². The quantitative estimate of drug-likeness (QED) is 0.334. The Kier molecular flexibility index (Phi) is 5.79. The van der Waals surface area contributed by atoms with Crippen LogP contribution in [0.3, 0.4) is 0 Å². The highest BCUT2D eigenvalue weighted by molar-refractivity contribution is 9.10. The van der Waals surface area contributed by atoms with Crippen LogP contribution in [0.15, 0.2) is 91.6 Å². The molecule has 0 aliphatic rings. The van der Waals surface area contributed by atoms with Crippen LogP contribution < -0.4 is 10.1 Å². The van der Waals surface area contributed by atoms with Gasteiger partial charge in [0.2, 0.25) is 26.6 Å². The monoisotopic (exact) mass is 502 g/mol. The number of aromatic nitrogens is 1. The first-order valence-corrected chi connectivity index (χ1v) is 11.3. The van der Waals surface area contributed by atoms with E-state index >= 15 is 0 Å². The number of ether oxygens (including phenoxy) is 1. The molecule has 6 nitrogen and oxygen atoms in total. The number of oxazole rings is 1. The second-order valence-corrected chi connectivity index (χ2v) is 9.26. The van der Waals surface area contributed by atoms with Gasteiger partial charge in [0.1, 0.15) is 11.6 Å². The Labute approximate surface area is 186 Å². The summed E-state index contributed by atoms with van der Waals surface area (Å²) in [6.45, 7) is 0. The summed E-state index contributed by atoms with van der Waals surface area (Å²) < 4.78 is 51.7. The summed E-state index contributed by atoms with van der Waals surface area (Å²) in [7, 11) is -2.56. The second-order valence-electron chi connectivity index (χ2n) is 6.47. The molecule has 0 saturated heterocycles. The first-order chi connectivity index (χ1) is 14.9. The van der Waals surface area contributed by atoms with Crippen molar-refractivity contribution in [3.05, 3.63) is 83.1 Å². The van der Waals surface area contributed by atoms with E-state index in [0.717, 1.165) is 16.6 Å². The van der Waals surface area contributed by atoms with Crippen molar-refractivity contribution in [3.63, 3.8) is 0 Å². The molecule has 3 aromatic carbocycles. The van der Waals surface area contributed by atoms with Gasteiger partial charge in [-0.3, -0.25) is 0 Å². The zero-order valence-corrected chi connectivity index (χ0v) is 18.6. The number of anilines is 2. The summed E-state index contributed by atoms with van der Waals surface area (Å²) in [5.74, 6) is 0.110. The van der Waals surface area contributed by atoms with Crippen molar-refractivity contribution in [2.45, 2.75) is 9.92 Å². The fourth-order valence-corrected chi connectivity index (χ4v) is 4.36. The number of benzene rings is 3. The van der Waals surface area contributed by atoms with Crippen LogP contribution in [0, 0.1) is 5.82 Å². The van der Waals surface area contributed by atoms with E-state index in [1.54, 1.807) is 48.5 Å². The lowest BCUT2D eigenvalue weighted by atomic mass is 10.2. The fourth-order valence-electron chi connectivity index (χ4n) is 2.84. The Bertz CT molecular complexity index is 1320. The van der Waals surface area contributed by atoms with Crippen molar-refractivity contribution in [1.29, 1.82) is 0 Å². The van der Waals surface area contributed by atoms with Gasteiger partial charge in [0, 0.05) is 21.8 Å². The van der Waals surface area contributed by atoms with E-state index in [-0.39, 0.29) is 21.7 Å². The normalized spacial score (nSPS) is 11.3. The molecule has 0 radical (unpaired) electrons. The Hall–Kier alpha value is -3.17. The first kappa shape index (κ1) is 21.1. The highest BCUT2D eigenvalue weighted by Gasteiger charge is 2.29. The summed E-state index contributed by atoms with van der Waals surface area (Å²) in [5, 5.41) is 2.66. The molecule has 0 unspecified atom stereocenters. The number of nitrogens with zero attached hydrogens (tertiary/aromatic N) is 1. The van der Waals surface area contributed by atoms with E-state index in [1.807, 2.05) is 0 Å². The van der Waals surface area contributed by atoms with E-state index in [9.17, 15) is 12.8 Å². The van der Waals surface area contributed by atoms with Gasteiger partial charge >= 0.3 is 0 Å². The minimum atomic E-state index is -4.09. The van der Waals surface area contributed by atoms with E-state index in [0.29, 0.717) is 17.0 Å². The van der Waals surface area contributed by atoms with Crippen LogP contribution in [0.1, 0.15) is 0 Å². The first-order valence-electron chi connectivity index (χ1n) is 9.05. The van der Waals surface area contributed by atoms with Crippen LogP contribution in [0.5, 0.6) is 5.75 Å². The van der Waals surface area contributed by atoms with Gasteiger partial charge in [0.05, 0.1) is 12.0 Å². The summed E-state index contributed by atoms with van der Waals surface area (Å²) in [4.78, 5) is 4.16. The maximum absolute atomic E-state index is 13.3. The Morgan fingerprint density at radius 1 is 1.03 bits per heavy atom. The molecular weight excluding hydrogens is 487 g/mol. The SMILES string of the molecule is COc1cccc(Nc2oc(-c3ccc(Br)cc3)nc2S(=O)(=O)c2ccc(F)cc2)c1. The predicted molar refractivity (Wildman–Crippen MR) is 118 cm³/mol. The topological polar surface area (TPSA) is 81.4 Å². The molecule has 0 spiro atoms. The molecule has 0 aliphatic carbocycles. The van der Waals surface area contributed by atoms with Gasteiger partial charge < -0.3 is 14.5 Å². The van der Waals surface area contributed by atoms with Gasteiger partial charge in [-0.15, -0.1) is 0 Å². The molecule has 4 rings (SSSR count). The Balaban J connectivity index is 1.83. The highest BCUT2D eigenvalue weighted by Crippen LogP contribution is 2.35. The number of rotatable bonds is 6. The highest BCUT2D eigenvalue weighted by atomic mass is 79.9. The molecular formula is C22H16BrFN2O4S. The third-order valence-corrected chi connectivity index (χ3v) is 6.60. The average molecular weight is 503 g/mol. The van der Waals surface area contributed by atoms with Crippen LogP contribution in [-0.4, -0.2) is 20.5 Å².